The van der Waals surface area contributed by atoms with Gasteiger partial charge in [0.05, 0.1) is 0 Å². The van der Waals surface area contributed by atoms with Crippen LogP contribution in [0, 0.1) is 0 Å². The van der Waals surface area contributed by atoms with E-state index < -0.39 is 12.1 Å². The fraction of sp³-hybridized carbons (Fsp3) is 0.143. The number of ether oxygens (including phenoxy) is 1. The second-order valence-corrected chi connectivity index (χ2v) is 2.87. The van der Waals surface area contributed by atoms with Crippen LogP contribution in [0.25, 0.3) is 0 Å². The van der Waals surface area contributed by atoms with E-state index in [1.807, 2.05) is 0 Å². The molecule has 3 N–H and O–H groups in total. The van der Waals surface area contributed by atoms with E-state index in [0.717, 1.165) is 6.07 Å². The molecule has 16 heavy (non-hydrogen) atoms. The van der Waals surface area contributed by atoms with Gasteiger partial charge < -0.3 is 10.1 Å². The molecule has 1 rings (SSSR count). The van der Waals surface area contributed by atoms with E-state index in [9.17, 15) is 13.2 Å². The van der Waals surface area contributed by atoms with Crippen molar-refractivity contribution >= 4 is 23.1 Å². The van der Waals surface area contributed by atoms with Gasteiger partial charge in [-0.15, -0.1) is 13.2 Å². The number of alkyl halides is 3. The first kappa shape index (κ1) is 12.5. The summed E-state index contributed by atoms with van der Waals surface area (Å²) in [6.07, 6.45) is -3.58. The molecule has 0 spiro atoms. The molecule has 1 aromatic heterocycles. The maximum Gasteiger partial charge on any atom is 0.573 e. The molecule has 0 unspecified atom stereocenters. The van der Waals surface area contributed by atoms with E-state index in [0.29, 0.717) is 0 Å². The van der Waals surface area contributed by atoms with Gasteiger partial charge in [0, 0.05) is 6.20 Å². The third-order valence-corrected chi connectivity index (χ3v) is 1.52. The summed E-state index contributed by atoms with van der Waals surface area (Å²) in [5.41, 5.74) is 1.55. The van der Waals surface area contributed by atoms with Gasteiger partial charge in [-0.25, -0.2) is 10.5 Å². The minimum absolute atomic E-state index is 0.258. The predicted molar refractivity (Wildman–Crippen MR) is 52.1 cm³/mol. The number of anilines is 1. The highest BCUT2D eigenvalue weighted by atomic mass is 32.1. The highest BCUT2D eigenvalue weighted by Gasteiger charge is 2.32. The average molecular weight is 253 g/mol. The Balaban J connectivity index is 2.87. The number of rotatable bonds is 2. The molecule has 0 bridgehead atoms. The van der Waals surface area contributed by atoms with Gasteiger partial charge >= 0.3 is 6.36 Å². The molecule has 5 nitrogen and oxygen atoms in total. The average Bonchev–Trinajstić information content (AvgIpc) is 2.18. The standard InChI is InChI=1S/C7H6F3N3O2S/c8-7(9,10)15-4-2-1-3-11-5(4)12-6(16)13-14/h1-3,14H,(H2,11,12,13,16). The molecule has 0 amide bonds. The molecule has 1 aromatic rings. The summed E-state index contributed by atoms with van der Waals surface area (Å²) in [7, 11) is 0. The minimum Gasteiger partial charge on any atom is -0.402 e. The van der Waals surface area contributed by atoms with E-state index in [2.05, 4.69) is 27.3 Å². The summed E-state index contributed by atoms with van der Waals surface area (Å²) in [4.78, 5) is 3.58. The Hall–Kier alpha value is -1.61. The molecule has 0 atom stereocenters. The topological polar surface area (TPSA) is 66.4 Å². The molecule has 0 fully saturated rings. The molecule has 0 saturated carbocycles. The van der Waals surface area contributed by atoms with Gasteiger partial charge in [-0.05, 0) is 24.4 Å². The van der Waals surface area contributed by atoms with E-state index in [1.54, 1.807) is 5.48 Å². The Labute approximate surface area is 93.2 Å². The molecule has 9 heteroatoms. The fourth-order valence-corrected chi connectivity index (χ4v) is 0.924. The van der Waals surface area contributed by atoms with Crippen LogP contribution >= 0.6 is 12.2 Å². The molecular weight excluding hydrogens is 247 g/mol. The second-order valence-electron chi connectivity index (χ2n) is 2.46. The minimum atomic E-state index is -4.83. The van der Waals surface area contributed by atoms with Crippen LogP contribution in [0.1, 0.15) is 0 Å². The summed E-state index contributed by atoms with van der Waals surface area (Å²) in [6.45, 7) is 0. The Bertz CT molecular complexity index is 385. The van der Waals surface area contributed by atoms with E-state index in [1.165, 1.54) is 12.3 Å². The number of nitrogens with one attached hydrogen (secondary N) is 2. The third kappa shape index (κ3) is 3.87. The summed E-state index contributed by atoms with van der Waals surface area (Å²) in [5, 5.41) is 10.3. The lowest BCUT2D eigenvalue weighted by Gasteiger charge is -2.13. The van der Waals surface area contributed by atoms with Crippen molar-refractivity contribution in [2.45, 2.75) is 6.36 Å². The van der Waals surface area contributed by atoms with Gasteiger partial charge in [0.2, 0.25) is 0 Å². The first-order chi connectivity index (χ1) is 7.42. The first-order valence-electron chi connectivity index (χ1n) is 3.84. The lowest BCUT2D eigenvalue weighted by molar-refractivity contribution is -0.274. The molecule has 0 radical (unpaired) electrons. The zero-order chi connectivity index (χ0) is 12.2. The lowest BCUT2D eigenvalue weighted by atomic mass is 10.4. The summed E-state index contributed by atoms with van der Waals surface area (Å²) in [6, 6.07) is 2.32. The van der Waals surface area contributed by atoms with Crippen LogP contribution < -0.4 is 15.5 Å². The van der Waals surface area contributed by atoms with Crippen molar-refractivity contribution in [1.29, 1.82) is 0 Å². The zero-order valence-corrected chi connectivity index (χ0v) is 8.39. The molecule has 0 saturated heterocycles. The highest BCUT2D eigenvalue weighted by Crippen LogP contribution is 2.27. The monoisotopic (exact) mass is 253 g/mol. The smallest absolute Gasteiger partial charge is 0.402 e. The first-order valence-corrected chi connectivity index (χ1v) is 4.25. The molecule has 1 heterocycles. The number of halogens is 3. The SMILES string of the molecule is ONC(=S)Nc1ncccc1OC(F)(F)F. The second kappa shape index (κ2) is 4.94. The van der Waals surface area contributed by atoms with Gasteiger partial charge in [0.25, 0.3) is 0 Å². The van der Waals surface area contributed by atoms with Crippen molar-refractivity contribution in [2.24, 2.45) is 0 Å². The van der Waals surface area contributed by atoms with Crippen LogP contribution in [0.2, 0.25) is 0 Å². The van der Waals surface area contributed by atoms with Crippen molar-refractivity contribution in [3.05, 3.63) is 18.3 Å². The summed E-state index contributed by atoms with van der Waals surface area (Å²) < 4.78 is 39.6. The van der Waals surface area contributed by atoms with Crippen LogP contribution in [0.5, 0.6) is 5.75 Å². The predicted octanol–water partition coefficient (Wildman–Crippen LogP) is 1.66. The molecule has 0 aliphatic carbocycles. The lowest BCUT2D eigenvalue weighted by Crippen LogP contribution is -2.26. The summed E-state index contributed by atoms with van der Waals surface area (Å²) >= 11 is 4.49. The van der Waals surface area contributed by atoms with Gasteiger partial charge in [0.1, 0.15) is 0 Å². The van der Waals surface area contributed by atoms with Crippen molar-refractivity contribution in [2.75, 3.05) is 5.32 Å². The number of pyridine rings is 1. The Morgan fingerprint density at radius 2 is 2.19 bits per heavy atom. The number of thiocarbonyl (C=S) groups is 1. The van der Waals surface area contributed by atoms with E-state index >= 15 is 0 Å². The van der Waals surface area contributed by atoms with Crippen LogP contribution in [0.4, 0.5) is 19.0 Å². The zero-order valence-electron chi connectivity index (χ0n) is 7.58. The Kier molecular flexibility index (Phi) is 3.85. The maximum absolute atomic E-state index is 12.0. The van der Waals surface area contributed by atoms with Gasteiger partial charge in [-0.2, -0.15) is 0 Å². The van der Waals surface area contributed by atoms with Crippen molar-refractivity contribution in [3.63, 3.8) is 0 Å². The van der Waals surface area contributed by atoms with E-state index in [4.69, 9.17) is 5.21 Å². The number of hydroxylamine groups is 1. The van der Waals surface area contributed by atoms with Crippen molar-refractivity contribution in [1.82, 2.24) is 10.5 Å². The molecule has 88 valence electrons. The third-order valence-electron chi connectivity index (χ3n) is 1.33. The van der Waals surface area contributed by atoms with Crippen LogP contribution in [0.3, 0.4) is 0 Å². The quantitative estimate of drug-likeness (QED) is 0.550. The summed E-state index contributed by atoms with van der Waals surface area (Å²) in [5.74, 6) is -0.807. The Morgan fingerprint density at radius 1 is 1.50 bits per heavy atom. The van der Waals surface area contributed by atoms with Crippen LogP contribution in [-0.2, 0) is 0 Å². The molecule has 0 aromatic carbocycles. The number of nitrogens with zero attached hydrogens (tertiary/aromatic N) is 1. The normalized spacial score (nSPS) is 10.8. The van der Waals surface area contributed by atoms with Crippen molar-refractivity contribution < 1.29 is 23.1 Å². The van der Waals surface area contributed by atoms with Gasteiger partial charge in [0.15, 0.2) is 16.7 Å². The number of aromatic nitrogens is 1. The molecule has 0 aliphatic heterocycles. The molecule has 0 aliphatic rings. The van der Waals surface area contributed by atoms with Gasteiger partial charge in [-0.1, -0.05) is 0 Å². The number of hydrogen-bond acceptors (Lipinski definition) is 4. The molecular formula is C7H6F3N3O2S. The van der Waals surface area contributed by atoms with Crippen molar-refractivity contribution in [3.8, 4) is 5.75 Å². The highest BCUT2D eigenvalue weighted by molar-refractivity contribution is 7.80. The largest absolute Gasteiger partial charge is 0.573 e. The van der Waals surface area contributed by atoms with Gasteiger partial charge in [-0.3, -0.25) is 5.21 Å². The van der Waals surface area contributed by atoms with E-state index in [-0.39, 0.29) is 10.9 Å². The maximum atomic E-state index is 12.0. The van der Waals surface area contributed by atoms with Crippen LogP contribution in [0.15, 0.2) is 18.3 Å². The fourth-order valence-electron chi connectivity index (χ4n) is 0.827. The Morgan fingerprint density at radius 3 is 2.75 bits per heavy atom. The number of hydrogen-bond donors (Lipinski definition) is 3. The van der Waals surface area contributed by atoms with Crippen LogP contribution in [-0.4, -0.2) is 21.7 Å².